The molecule has 0 aromatic heterocycles. The zero-order valence-electron chi connectivity index (χ0n) is 12.3. The molecule has 0 saturated carbocycles. The average Bonchev–Trinajstić information content (AvgIpc) is 2.41. The summed E-state index contributed by atoms with van der Waals surface area (Å²) in [6.45, 7) is 1.90. The fourth-order valence-corrected chi connectivity index (χ4v) is 2.39. The molecule has 110 valence electrons. The lowest BCUT2D eigenvalue weighted by Gasteiger charge is -2.19. The molecule has 0 saturated heterocycles. The Morgan fingerprint density at radius 1 is 1.24 bits per heavy atom. The van der Waals surface area contributed by atoms with Crippen molar-refractivity contribution in [2.75, 3.05) is 30.0 Å². The van der Waals surface area contributed by atoms with Crippen LogP contribution in [0, 0.1) is 6.92 Å². The first-order valence-corrected chi connectivity index (χ1v) is 6.91. The molecule has 2 aromatic rings. The maximum atomic E-state index is 12.3. The largest absolute Gasteiger partial charge is 0.398 e. The van der Waals surface area contributed by atoms with Crippen LogP contribution in [0.4, 0.5) is 17.1 Å². The molecule has 0 aliphatic carbocycles. The summed E-state index contributed by atoms with van der Waals surface area (Å²) >= 11 is 6.19. The Bertz CT molecular complexity index is 683. The molecule has 3 N–H and O–H groups in total. The normalized spacial score (nSPS) is 10.3. The van der Waals surface area contributed by atoms with Gasteiger partial charge in [0.05, 0.1) is 16.4 Å². The first-order chi connectivity index (χ1) is 9.90. The summed E-state index contributed by atoms with van der Waals surface area (Å²) < 4.78 is 0. The standard InChI is InChI=1S/C16H18ClN3O/c1-10-7-8-11(9-13(10)18)16(21)19-14-6-4-5-12(17)15(14)20(2)3/h4-9H,18H2,1-3H3,(H,19,21). The summed E-state index contributed by atoms with van der Waals surface area (Å²) in [6.07, 6.45) is 0. The summed E-state index contributed by atoms with van der Waals surface area (Å²) in [5.41, 5.74) is 9.34. The van der Waals surface area contributed by atoms with Gasteiger partial charge in [-0.1, -0.05) is 23.7 Å². The Morgan fingerprint density at radius 2 is 1.95 bits per heavy atom. The molecule has 5 heteroatoms. The topological polar surface area (TPSA) is 58.4 Å². The number of para-hydroxylation sites is 1. The van der Waals surface area contributed by atoms with Crippen LogP contribution in [-0.2, 0) is 0 Å². The van der Waals surface area contributed by atoms with Gasteiger partial charge in [-0.2, -0.15) is 0 Å². The van der Waals surface area contributed by atoms with E-state index in [4.69, 9.17) is 17.3 Å². The van der Waals surface area contributed by atoms with Crippen molar-refractivity contribution in [1.29, 1.82) is 0 Å². The number of amides is 1. The van der Waals surface area contributed by atoms with Crippen LogP contribution in [0.15, 0.2) is 36.4 Å². The number of nitrogens with two attached hydrogens (primary N) is 1. The number of aryl methyl sites for hydroxylation is 1. The second kappa shape index (κ2) is 6.06. The van der Waals surface area contributed by atoms with Gasteiger partial charge in [-0.3, -0.25) is 4.79 Å². The van der Waals surface area contributed by atoms with E-state index in [1.807, 2.05) is 38.1 Å². The third kappa shape index (κ3) is 3.28. The highest BCUT2D eigenvalue weighted by Gasteiger charge is 2.13. The van der Waals surface area contributed by atoms with E-state index in [0.29, 0.717) is 22.0 Å². The molecule has 0 spiro atoms. The van der Waals surface area contributed by atoms with Crippen molar-refractivity contribution in [2.45, 2.75) is 6.92 Å². The Hall–Kier alpha value is -2.20. The van der Waals surface area contributed by atoms with E-state index in [1.54, 1.807) is 24.3 Å². The van der Waals surface area contributed by atoms with E-state index in [9.17, 15) is 4.79 Å². The first-order valence-electron chi connectivity index (χ1n) is 6.53. The molecule has 0 radical (unpaired) electrons. The van der Waals surface area contributed by atoms with Gasteiger partial charge in [-0.15, -0.1) is 0 Å². The van der Waals surface area contributed by atoms with Crippen LogP contribution >= 0.6 is 11.6 Å². The monoisotopic (exact) mass is 303 g/mol. The molecule has 4 nitrogen and oxygen atoms in total. The van der Waals surface area contributed by atoms with Crippen molar-refractivity contribution in [3.05, 3.63) is 52.5 Å². The molecule has 1 amide bonds. The Kier molecular flexibility index (Phi) is 4.38. The van der Waals surface area contributed by atoms with E-state index in [1.165, 1.54) is 0 Å². The van der Waals surface area contributed by atoms with E-state index in [2.05, 4.69) is 5.32 Å². The van der Waals surface area contributed by atoms with Crippen LogP contribution in [0.1, 0.15) is 15.9 Å². The lowest BCUT2D eigenvalue weighted by atomic mass is 10.1. The molecular weight excluding hydrogens is 286 g/mol. The number of nitrogens with one attached hydrogen (secondary N) is 1. The second-order valence-corrected chi connectivity index (χ2v) is 5.46. The molecule has 0 fully saturated rings. The quantitative estimate of drug-likeness (QED) is 0.853. The second-order valence-electron chi connectivity index (χ2n) is 5.06. The fourth-order valence-electron chi connectivity index (χ4n) is 2.05. The number of carbonyl (C=O) groups is 1. The smallest absolute Gasteiger partial charge is 0.255 e. The van der Waals surface area contributed by atoms with E-state index >= 15 is 0 Å². The maximum absolute atomic E-state index is 12.3. The predicted octanol–water partition coefficient (Wildman–Crippen LogP) is 3.55. The van der Waals surface area contributed by atoms with Crippen LogP contribution < -0.4 is 16.0 Å². The average molecular weight is 304 g/mol. The van der Waals surface area contributed by atoms with Crippen molar-refractivity contribution in [1.82, 2.24) is 0 Å². The van der Waals surface area contributed by atoms with Crippen molar-refractivity contribution >= 4 is 34.6 Å². The Morgan fingerprint density at radius 3 is 2.57 bits per heavy atom. The van der Waals surface area contributed by atoms with E-state index in [0.717, 1.165) is 11.3 Å². The maximum Gasteiger partial charge on any atom is 0.255 e. The molecule has 0 aliphatic heterocycles. The van der Waals surface area contributed by atoms with Gasteiger partial charge in [0.25, 0.3) is 5.91 Å². The number of rotatable bonds is 3. The lowest BCUT2D eigenvalue weighted by molar-refractivity contribution is 0.102. The number of halogens is 1. The zero-order chi connectivity index (χ0) is 15.6. The van der Waals surface area contributed by atoms with Crippen LogP contribution in [0.2, 0.25) is 5.02 Å². The molecule has 21 heavy (non-hydrogen) atoms. The summed E-state index contributed by atoms with van der Waals surface area (Å²) in [7, 11) is 3.75. The van der Waals surface area contributed by atoms with Gasteiger partial charge in [0.1, 0.15) is 0 Å². The molecular formula is C16H18ClN3O. The predicted molar refractivity (Wildman–Crippen MR) is 89.3 cm³/mol. The Balaban J connectivity index is 2.31. The van der Waals surface area contributed by atoms with Crippen molar-refractivity contribution in [3.8, 4) is 0 Å². The summed E-state index contributed by atoms with van der Waals surface area (Å²) in [4.78, 5) is 14.2. The fraction of sp³-hybridized carbons (Fsp3) is 0.188. The molecule has 0 atom stereocenters. The van der Waals surface area contributed by atoms with Crippen LogP contribution in [0.25, 0.3) is 0 Å². The third-order valence-electron chi connectivity index (χ3n) is 3.22. The van der Waals surface area contributed by atoms with Crippen LogP contribution in [0.3, 0.4) is 0 Å². The zero-order valence-corrected chi connectivity index (χ0v) is 13.0. The minimum atomic E-state index is -0.216. The third-order valence-corrected chi connectivity index (χ3v) is 3.53. The minimum absolute atomic E-state index is 0.216. The molecule has 0 aliphatic rings. The van der Waals surface area contributed by atoms with Crippen molar-refractivity contribution in [3.63, 3.8) is 0 Å². The number of nitrogen functional groups attached to an aromatic ring is 1. The van der Waals surface area contributed by atoms with Gasteiger partial charge in [0.15, 0.2) is 0 Å². The minimum Gasteiger partial charge on any atom is -0.398 e. The highest BCUT2D eigenvalue weighted by Crippen LogP contribution is 2.32. The summed E-state index contributed by atoms with van der Waals surface area (Å²) in [6, 6.07) is 10.7. The van der Waals surface area contributed by atoms with E-state index in [-0.39, 0.29) is 5.91 Å². The molecule has 0 bridgehead atoms. The summed E-state index contributed by atoms with van der Waals surface area (Å²) in [5.74, 6) is -0.216. The highest BCUT2D eigenvalue weighted by atomic mass is 35.5. The highest BCUT2D eigenvalue weighted by molar-refractivity contribution is 6.34. The lowest BCUT2D eigenvalue weighted by Crippen LogP contribution is -2.17. The van der Waals surface area contributed by atoms with Crippen LogP contribution in [-0.4, -0.2) is 20.0 Å². The van der Waals surface area contributed by atoms with Gasteiger partial charge < -0.3 is 16.0 Å². The number of anilines is 3. The van der Waals surface area contributed by atoms with Gasteiger partial charge in [0, 0.05) is 25.3 Å². The van der Waals surface area contributed by atoms with Gasteiger partial charge in [-0.25, -0.2) is 0 Å². The Labute approximate surface area is 129 Å². The van der Waals surface area contributed by atoms with Gasteiger partial charge >= 0.3 is 0 Å². The number of hydrogen-bond donors (Lipinski definition) is 2. The first kappa shape index (κ1) is 15.2. The number of hydrogen-bond acceptors (Lipinski definition) is 3. The van der Waals surface area contributed by atoms with Crippen molar-refractivity contribution in [2.24, 2.45) is 0 Å². The van der Waals surface area contributed by atoms with Gasteiger partial charge in [-0.05, 0) is 36.8 Å². The SMILES string of the molecule is Cc1ccc(C(=O)Nc2cccc(Cl)c2N(C)C)cc1N. The van der Waals surface area contributed by atoms with Crippen molar-refractivity contribution < 1.29 is 4.79 Å². The summed E-state index contributed by atoms with van der Waals surface area (Å²) in [5, 5.41) is 3.46. The van der Waals surface area contributed by atoms with Gasteiger partial charge in [0.2, 0.25) is 0 Å². The van der Waals surface area contributed by atoms with E-state index < -0.39 is 0 Å². The number of benzene rings is 2. The molecule has 0 heterocycles. The molecule has 2 rings (SSSR count). The molecule has 2 aromatic carbocycles. The number of nitrogens with zero attached hydrogens (tertiary/aromatic N) is 1. The van der Waals surface area contributed by atoms with Crippen LogP contribution in [0.5, 0.6) is 0 Å². The number of carbonyl (C=O) groups excluding carboxylic acids is 1. The molecule has 0 unspecified atom stereocenters.